The molecule has 0 aliphatic carbocycles. The zero-order chi connectivity index (χ0) is 18.1. The molecule has 2 rings (SSSR count). The van der Waals surface area contributed by atoms with Gasteiger partial charge in [0, 0.05) is 13.1 Å². The summed E-state index contributed by atoms with van der Waals surface area (Å²) in [7, 11) is 0. The number of rotatable bonds is 9. The van der Waals surface area contributed by atoms with Crippen molar-refractivity contribution in [2.45, 2.75) is 33.9 Å². The highest BCUT2D eigenvalue weighted by Crippen LogP contribution is 2.16. The number of ether oxygens (including phenoxy) is 1. The van der Waals surface area contributed by atoms with Crippen molar-refractivity contribution in [3.63, 3.8) is 0 Å². The molecule has 134 valence electrons. The summed E-state index contributed by atoms with van der Waals surface area (Å²) < 4.78 is 5.60. The molecule has 4 nitrogen and oxygen atoms in total. The quantitative estimate of drug-likeness (QED) is 0.759. The van der Waals surface area contributed by atoms with E-state index < -0.39 is 0 Å². The third-order valence-electron chi connectivity index (χ3n) is 4.34. The standard InChI is InChI=1S/C21H28N2O2/c1-4-23(5-2)15-19-12-8-7-11-18(19)14-22-21(24)16-25-20-13-9-6-10-17(20)3/h6-13H,4-5,14-16H2,1-3H3,(H,22,24). The van der Waals surface area contributed by atoms with E-state index in [4.69, 9.17) is 4.74 Å². The van der Waals surface area contributed by atoms with Crippen molar-refractivity contribution in [1.82, 2.24) is 10.2 Å². The average molecular weight is 340 g/mol. The first-order chi connectivity index (χ1) is 12.1. The summed E-state index contributed by atoms with van der Waals surface area (Å²) in [6.07, 6.45) is 0. The molecule has 0 aliphatic rings. The van der Waals surface area contributed by atoms with Crippen LogP contribution in [0.25, 0.3) is 0 Å². The van der Waals surface area contributed by atoms with Gasteiger partial charge >= 0.3 is 0 Å². The Kier molecular flexibility index (Phi) is 7.48. The summed E-state index contributed by atoms with van der Waals surface area (Å²) in [5, 5.41) is 2.96. The number of nitrogens with zero attached hydrogens (tertiary/aromatic N) is 1. The van der Waals surface area contributed by atoms with Gasteiger partial charge < -0.3 is 10.1 Å². The molecule has 0 fully saturated rings. The zero-order valence-corrected chi connectivity index (χ0v) is 15.4. The molecule has 0 saturated heterocycles. The molecule has 0 spiro atoms. The zero-order valence-electron chi connectivity index (χ0n) is 15.4. The Labute approximate surface area is 150 Å². The van der Waals surface area contributed by atoms with Crippen molar-refractivity contribution in [2.24, 2.45) is 0 Å². The van der Waals surface area contributed by atoms with Crippen molar-refractivity contribution >= 4 is 5.91 Å². The lowest BCUT2D eigenvalue weighted by molar-refractivity contribution is -0.123. The lowest BCUT2D eigenvalue weighted by Gasteiger charge is -2.20. The van der Waals surface area contributed by atoms with Crippen molar-refractivity contribution in [3.8, 4) is 5.75 Å². The first-order valence-corrected chi connectivity index (χ1v) is 8.88. The summed E-state index contributed by atoms with van der Waals surface area (Å²) in [6, 6.07) is 16.0. The fraction of sp³-hybridized carbons (Fsp3) is 0.381. The fourth-order valence-electron chi connectivity index (χ4n) is 2.68. The number of carbonyl (C=O) groups excluding carboxylic acids is 1. The molecule has 0 bridgehead atoms. The van der Waals surface area contributed by atoms with Gasteiger partial charge in [-0.3, -0.25) is 9.69 Å². The van der Waals surface area contributed by atoms with E-state index in [1.165, 1.54) is 5.56 Å². The fourth-order valence-corrected chi connectivity index (χ4v) is 2.68. The number of aryl methyl sites for hydroxylation is 1. The van der Waals surface area contributed by atoms with Gasteiger partial charge in [0.1, 0.15) is 5.75 Å². The summed E-state index contributed by atoms with van der Waals surface area (Å²) in [4.78, 5) is 14.5. The molecule has 1 N–H and O–H groups in total. The summed E-state index contributed by atoms with van der Waals surface area (Å²) in [6.45, 7) is 9.78. The van der Waals surface area contributed by atoms with Gasteiger partial charge in [-0.2, -0.15) is 0 Å². The Hall–Kier alpha value is -2.33. The summed E-state index contributed by atoms with van der Waals surface area (Å²) >= 11 is 0. The second-order valence-electron chi connectivity index (χ2n) is 6.06. The van der Waals surface area contributed by atoms with Crippen LogP contribution in [0.1, 0.15) is 30.5 Å². The minimum absolute atomic E-state index is 0.0308. The molecule has 2 aromatic carbocycles. The monoisotopic (exact) mass is 340 g/mol. The van der Waals surface area contributed by atoms with Crippen LogP contribution >= 0.6 is 0 Å². The number of carbonyl (C=O) groups is 1. The van der Waals surface area contributed by atoms with E-state index in [9.17, 15) is 4.79 Å². The topological polar surface area (TPSA) is 41.6 Å². The van der Waals surface area contributed by atoms with Gasteiger partial charge in [0.25, 0.3) is 5.91 Å². The largest absolute Gasteiger partial charge is 0.484 e. The van der Waals surface area contributed by atoms with Crippen molar-refractivity contribution in [2.75, 3.05) is 19.7 Å². The van der Waals surface area contributed by atoms with E-state index in [1.807, 2.05) is 43.3 Å². The van der Waals surface area contributed by atoms with Crippen LogP contribution in [-0.4, -0.2) is 30.5 Å². The SMILES string of the molecule is CCN(CC)Cc1ccccc1CNC(=O)COc1ccccc1C. The van der Waals surface area contributed by atoms with Crippen LogP contribution in [-0.2, 0) is 17.9 Å². The Morgan fingerprint density at radius 3 is 2.32 bits per heavy atom. The minimum Gasteiger partial charge on any atom is -0.484 e. The van der Waals surface area contributed by atoms with Crippen LogP contribution in [0.4, 0.5) is 0 Å². The molecule has 0 radical (unpaired) electrons. The molecule has 0 saturated carbocycles. The Balaban J connectivity index is 1.88. The summed E-state index contributed by atoms with van der Waals surface area (Å²) in [5.74, 6) is 0.639. The molecule has 2 aromatic rings. The van der Waals surface area contributed by atoms with E-state index >= 15 is 0 Å². The van der Waals surface area contributed by atoms with Crippen molar-refractivity contribution in [3.05, 3.63) is 65.2 Å². The second-order valence-corrected chi connectivity index (χ2v) is 6.06. The third kappa shape index (κ3) is 5.91. The Bertz CT molecular complexity index is 681. The Morgan fingerprint density at radius 1 is 1.00 bits per heavy atom. The van der Waals surface area contributed by atoms with Gasteiger partial charge in [0.2, 0.25) is 0 Å². The second kappa shape index (κ2) is 9.84. The van der Waals surface area contributed by atoms with Crippen LogP contribution in [0.2, 0.25) is 0 Å². The number of hydrogen-bond acceptors (Lipinski definition) is 3. The predicted molar refractivity (Wildman–Crippen MR) is 102 cm³/mol. The van der Waals surface area contributed by atoms with E-state index in [0.717, 1.165) is 36.5 Å². The van der Waals surface area contributed by atoms with Crippen LogP contribution in [0, 0.1) is 6.92 Å². The van der Waals surface area contributed by atoms with Crippen molar-refractivity contribution in [1.29, 1.82) is 0 Å². The van der Waals surface area contributed by atoms with Crippen molar-refractivity contribution < 1.29 is 9.53 Å². The predicted octanol–water partition coefficient (Wildman–Crippen LogP) is 3.53. The number of para-hydroxylation sites is 1. The molecule has 0 atom stereocenters. The maximum atomic E-state index is 12.1. The number of hydrogen-bond donors (Lipinski definition) is 1. The smallest absolute Gasteiger partial charge is 0.258 e. The average Bonchev–Trinajstić information content (AvgIpc) is 2.64. The normalized spacial score (nSPS) is 10.7. The highest BCUT2D eigenvalue weighted by molar-refractivity contribution is 5.77. The third-order valence-corrected chi connectivity index (χ3v) is 4.34. The van der Waals surface area contributed by atoms with Gasteiger partial charge in [0.15, 0.2) is 6.61 Å². The lowest BCUT2D eigenvalue weighted by atomic mass is 10.1. The van der Waals surface area contributed by atoms with Crippen LogP contribution in [0.3, 0.4) is 0 Å². The minimum atomic E-state index is -0.110. The molecule has 0 unspecified atom stereocenters. The first-order valence-electron chi connectivity index (χ1n) is 8.88. The lowest BCUT2D eigenvalue weighted by Crippen LogP contribution is -2.29. The number of benzene rings is 2. The molecular weight excluding hydrogens is 312 g/mol. The number of amides is 1. The van der Waals surface area contributed by atoms with Gasteiger partial charge in [0.05, 0.1) is 0 Å². The highest BCUT2D eigenvalue weighted by atomic mass is 16.5. The molecular formula is C21H28N2O2. The maximum Gasteiger partial charge on any atom is 0.258 e. The van der Waals surface area contributed by atoms with E-state index in [0.29, 0.717) is 6.54 Å². The number of nitrogens with one attached hydrogen (secondary N) is 1. The Morgan fingerprint density at radius 2 is 1.64 bits per heavy atom. The maximum absolute atomic E-state index is 12.1. The van der Waals surface area contributed by atoms with Gasteiger partial charge in [-0.05, 0) is 42.8 Å². The van der Waals surface area contributed by atoms with Crippen LogP contribution < -0.4 is 10.1 Å². The molecule has 0 heterocycles. The highest BCUT2D eigenvalue weighted by Gasteiger charge is 2.08. The van der Waals surface area contributed by atoms with E-state index in [1.54, 1.807) is 0 Å². The van der Waals surface area contributed by atoms with Crippen LogP contribution in [0.15, 0.2) is 48.5 Å². The molecule has 1 amide bonds. The summed E-state index contributed by atoms with van der Waals surface area (Å²) in [5.41, 5.74) is 3.44. The first kappa shape index (κ1) is 19.0. The molecule has 0 aliphatic heterocycles. The van der Waals surface area contributed by atoms with Crippen LogP contribution in [0.5, 0.6) is 5.75 Å². The molecule has 25 heavy (non-hydrogen) atoms. The van der Waals surface area contributed by atoms with E-state index in [2.05, 4.69) is 36.2 Å². The van der Waals surface area contributed by atoms with E-state index in [-0.39, 0.29) is 12.5 Å². The van der Waals surface area contributed by atoms with Gasteiger partial charge in [-0.25, -0.2) is 0 Å². The van der Waals surface area contributed by atoms with Gasteiger partial charge in [-0.15, -0.1) is 0 Å². The molecule has 0 aromatic heterocycles. The molecule has 4 heteroatoms. The van der Waals surface area contributed by atoms with Gasteiger partial charge in [-0.1, -0.05) is 56.3 Å².